The molecule has 0 aliphatic rings. The summed E-state index contributed by atoms with van der Waals surface area (Å²) < 4.78 is 18.2. The van der Waals surface area contributed by atoms with Crippen LogP contribution in [0.3, 0.4) is 0 Å². The van der Waals surface area contributed by atoms with Crippen molar-refractivity contribution in [1.29, 1.82) is 0 Å². The fraction of sp³-hybridized carbons (Fsp3) is 0.115. The van der Waals surface area contributed by atoms with Crippen LogP contribution in [0.2, 0.25) is 0 Å². The van der Waals surface area contributed by atoms with Gasteiger partial charge in [0.15, 0.2) is 0 Å². The molecule has 0 saturated carbocycles. The summed E-state index contributed by atoms with van der Waals surface area (Å²) >= 11 is 0. The van der Waals surface area contributed by atoms with Crippen molar-refractivity contribution in [2.24, 2.45) is 7.05 Å². The summed E-state index contributed by atoms with van der Waals surface area (Å²) in [7, 11) is 1.72. The maximum absolute atomic E-state index is 15.2. The van der Waals surface area contributed by atoms with Gasteiger partial charge in [0.2, 0.25) is 0 Å². The standard InChI is InChI=1S/C26H22FN5O2/c1-15-23-20(10-7-11-22(23)30-29-15)19-13-12-17(14-21(19)27)28-25(33)24-16(2)31(3)32(26(24)34)18-8-5-4-6-9-18/h4-14H,1-3H3,(H,28,33)(H,29,30). The molecule has 8 heteroatoms. The van der Waals surface area contributed by atoms with Gasteiger partial charge in [-0.15, -0.1) is 0 Å². The van der Waals surface area contributed by atoms with E-state index in [0.29, 0.717) is 22.5 Å². The first-order chi connectivity index (χ1) is 16.4. The van der Waals surface area contributed by atoms with E-state index in [-0.39, 0.29) is 11.3 Å². The number of H-pyrrole nitrogens is 1. The SMILES string of the molecule is Cc1[nH]nc2cccc(-c3ccc(NC(=O)c4c(C)n(C)n(-c5ccccc5)c4=O)cc3F)c12. The molecule has 0 saturated heterocycles. The summed E-state index contributed by atoms with van der Waals surface area (Å²) in [6.45, 7) is 3.59. The van der Waals surface area contributed by atoms with Crippen molar-refractivity contribution < 1.29 is 9.18 Å². The predicted octanol–water partition coefficient (Wildman–Crippen LogP) is 4.73. The lowest BCUT2D eigenvalue weighted by Crippen LogP contribution is -2.25. The highest BCUT2D eigenvalue weighted by Crippen LogP contribution is 2.32. The van der Waals surface area contributed by atoms with Crippen molar-refractivity contribution in [1.82, 2.24) is 19.6 Å². The molecular formula is C26H22FN5O2. The quantitative estimate of drug-likeness (QED) is 0.411. The Balaban J connectivity index is 1.48. The Hall–Kier alpha value is -4.46. The topological polar surface area (TPSA) is 84.7 Å². The highest BCUT2D eigenvalue weighted by molar-refractivity contribution is 6.05. The summed E-state index contributed by atoms with van der Waals surface area (Å²) in [4.78, 5) is 26.1. The number of carbonyl (C=O) groups is 1. The summed E-state index contributed by atoms with van der Waals surface area (Å²) in [5.74, 6) is -1.08. The smallest absolute Gasteiger partial charge is 0.284 e. The maximum Gasteiger partial charge on any atom is 0.284 e. The minimum absolute atomic E-state index is 0.00891. The number of carbonyl (C=O) groups excluding carboxylic acids is 1. The molecular weight excluding hydrogens is 433 g/mol. The Morgan fingerprint density at radius 1 is 1.00 bits per heavy atom. The molecule has 7 nitrogen and oxygen atoms in total. The van der Waals surface area contributed by atoms with Crippen molar-refractivity contribution in [3.63, 3.8) is 0 Å². The molecule has 0 unspecified atom stereocenters. The van der Waals surface area contributed by atoms with Gasteiger partial charge in [-0.25, -0.2) is 9.07 Å². The van der Waals surface area contributed by atoms with Gasteiger partial charge in [0.1, 0.15) is 11.4 Å². The van der Waals surface area contributed by atoms with Crippen LogP contribution in [0.4, 0.5) is 10.1 Å². The Morgan fingerprint density at radius 2 is 1.76 bits per heavy atom. The Labute approximate surface area is 194 Å². The monoisotopic (exact) mass is 455 g/mol. The molecule has 5 aromatic rings. The minimum atomic E-state index is -0.590. The molecule has 0 aliphatic heterocycles. The molecule has 0 aliphatic carbocycles. The summed E-state index contributed by atoms with van der Waals surface area (Å²) in [5.41, 5.74) is 3.69. The molecule has 0 radical (unpaired) electrons. The van der Waals surface area contributed by atoms with Crippen molar-refractivity contribution >= 4 is 22.5 Å². The first kappa shape index (κ1) is 21.4. The van der Waals surface area contributed by atoms with Crippen molar-refractivity contribution in [3.05, 3.63) is 99.9 Å². The van der Waals surface area contributed by atoms with E-state index < -0.39 is 17.3 Å². The van der Waals surface area contributed by atoms with Crippen LogP contribution in [0.25, 0.3) is 27.7 Å². The van der Waals surface area contributed by atoms with E-state index in [0.717, 1.165) is 16.6 Å². The van der Waals surface area contributed by atoms with E-state index in [9.17, 15) is 9.59 Å². The first-order valence-corrected chi connectivity index (χ1v) is 10.8. The van der Waals surface area contributed by atoms with Gasteiger partial charge in [0.25, 0.3) is 11.5 Å². The van der Waals surface area contributed by atoms with Gasteiger partial charge in [-0.2, -0.15) is 5.10 Å². The fourth-order valence-electron chi connectivity index (χ4n) is 4.29. The number of aromatic amines is 1. The molecule has 2 N–H and O–H groups in total. The van der Waals surface area contributed by atoms with Crippen LogP contribution < -0.4 is 10.9 Å². The van der Waals surface area contributed by atoms with Crippen LogP contribution >= 0.6 is 0 Å². The molecule has 2 heterocycles. The highest BCUT2D eigenvalue weighted by atomic mass is 19.1. The molecule has 0 spiro atoms. The zero-order valence-electron chi connectivity index (χ0n) is 18.9. The van der Waals surface area contributed by atoms with E-state index in [1.54, 1.807) is 42.9 Å². The second kappa shape index (κ2) is 8.15. The number of para-hydroxylation sites is 1. The lowest BCUT2D eigenvalue weighted by atomic mass is 9.99. The number of anilines is 1. The van der Waals surface area contributed by atoms with E-state index in [1.807, 2.05) is 43.3 Å². The average Bonchev–Trinajstić information content (AvgIpc) is 3.31. The summed E-state index contributed by atoms with van der Waals surface area (Å²) in [5, 5.41) is 10.7. The van der Waals surface area contributed by atoms with Gasteiger partial charge in [-0.1, -0.05) is 30.3 Å². The van der Waals surface area contributed by atoms with Crippen LogP contribution in [0.1, 0.15) is 21.7 Å². The molecule has 2 aromatic heterocycles. The summed E-state index contributed by atoms with van der Waals surface area (Å²) in [6, 6.07) is 19.1. The van der Waals surface area contributed by atoms with Gasteiger partial charge in [-0.05, 0) is 55.8 Å². The normalized spacial score (nSPS) is 11.2. The molecule has 0 bridgehead atoms. The summed E-state index contributed by atoms with van der Waals surface area (Å²) in [6.07, 6.45) is 0. The fourth-order valence-corrected chi connectivity index (χ4v) is 4.29. The van der Waals surface area contributed by atoms with E-state index >= 15 is 4.39 Å². The zero-order valence-corrected chi connectivity index (χ0v) is 18.9. The third-order valence-electron chi connectivity index (χ3n) is 6.06. The largest absolute Gasteiger partial charge is 0.322 e. The average molecular weight is 455 g/mol. The van der Waals surface area contributed by atoms with Crippen molar-refractivity contribution in [3.8, 4) is 16.8 Å². The van der Waals surface area contributed by atoms with E-state index in [2.05, 4.69) is 15.5 Å². The van der Waals surface area contributed by atoms with Crippen LogP contribution in [0.5, 0.6) is 0 Å². The van der Waals surface area contributed by atoms with Crippen molar-refractivity contribution in [2.45, 2.75) is 13.8 Å². The number of aryl methyl sites for hydroxylation is 1. The van der Waals surface area contributed by atoms with Crippen LogP contribution in [-0.4, -0.2) is 25.5 Å². The second-order valence-corrected chi connectivity index (χ2v) is 8.13. The lowest BCUT2D eigenvalue weighted by molar-refractivity contribution is 0.102. The number of benzene rings is 3. The van der Waals surface area contributed by atoms with Gasteiger partial charge in [0, 0.05) is 29.4 Å². The van der Waals surface area contributed by atoms with Crippen LogP contribution in [0.15, 0.2) is 71.5 Å². The number of hydrogen-bond acceptors (Lipinski definition) is 3. The van der Waals surface area contributed by atoms with Gasteiger partial charge >= 0.3 is 0 Å². The molecule has 1 amide bonds. The molecule has 34 heavy (non-hydrogen) atoms. The van der Waals surface area contributed by atoms with E-state index in [4.69, 9.17) is 0 Å². The third kappa shape index (κ3) is 3.40. The number of hydrogen-bond donors (Lipinski definition) is 2. The van der Waals surface area contributed by atoms with Crippen LogP contribution in [-0.2, 0) is 7.05 Å². The predicted molar refractivity (Wildman–Crippen MR) is 130 cm³/mol. The van der Waals surface area contributed by atoms with Gasteiger partial charge in [-0.3, -0.25) is 19.4 Å². The molecule has 5 rings (SSSR count). The highest BCUT2D eigenvalue weighted by Gasteiger charge is 2.23. The number of rotatable bonds is 4. The number of halogens is 1. The zero-order chi connectivity index (χ0) is 24.0. The third-order valence-corrected chi connectivity index (χ3v) is 6.06. The Kier molecular flexibility index (Phi) is 5.13. The number of nitrogens with zero attached hydrogens (tertiary/aromatic N) is 3. The molecule has 3 aromatic carbocycles. The molecule has 170 valence electrons. The number of fused-ring (bicyclic) bond motifs is 1. The molecule has 0 fully saturated rings. The van der Waals surface area contributed by atoms with Crippen molar-refractivity contribution in [2.75, 3.05) is 5.32 Å². The number of nitrogens with one attached hydrogen (secondary N) is 2. The van der Waals surface area contributed by atoms with Gasteiger partial charge in [0.05, 0.1) is 16.9 Å². The lowest BCUT2D eigenvalue weighted by Gasteiger charge is -2.09. The minimum Gasteiger partial charge on any atom is -0.322 e. The Morgan fingerprint density at radius 3 is 2.50 bits per heavy atom. The maximum atomic E-state index is 15.2. The van der Waals surface area contributed by atoms with E-state index in [1.165, 1.54) is 10.7 Å². The first-order valence-electron chi connectivity index (χ1n) is 10.8. The van der Waals surface area contributed by atoms with Crippen LogP contribution in [0, 0.1) is 19.7 Å². The molecule has 0 atom stereocenters. The van der Waals surface area contributed by atoms with Gasteiger partial charge < -0.3 is 5.32 Å². The number of amides is 1. The Bertz CT molecular complexity index is 1610. The number of aromatic nitrogens is 4. The second-order valence-electron chi connectivity index (χ2n) is 8.13.